The van der Waals surface area contributed by atoms with Gasteiger partial charge in [0.1, 0.15) is 0 Å². The number of hydrogen-bond donors (Lipinski definition) is 2. The number of hydrogen-bond acceptors (Lipinski definition) is 3. The number of morpholine rings is 1. The molecule has 0 radical (unpaired) electrons. The lowest BCUT2D eigenvalue weighted by atomic mass is 9.83. The van der Waals surface area contributed by atoms with E-state index in [4.69, 9.17) is 4.74 Å². The highest BCUT2D eigenvalue weighted by Gasteiger charge is 2.22. The Kier molecular flexibility index (Phi) is 6.97. The summed E-state index contributed by atoms with van der Waals surface area (Å²) in [7, 11) is 0. The summed E-state index contributed by atoms with van der Waals surface area (Å²) in [4.78, 5) is 18.7. The van der Waals surface area contributed by atoms with Crippen LogP contribution in [0.5, 0.6) is 0 Å². The molecule has 0 aliphatic carbocycles. The highest BCUT2D eigenvalue weighted by molar-refractivity contribution is 5.86. The fourth-order valence-corrected chi connectivity index (χ4v) is 4.44. The smallest absolute Gasteiger partial charge is 0.220 e. The summed E-state index contributed by atoms with van der Waals surface area (Å²) in [5, 5.41) is 4.32. The molecule has 0 saturated carbocycles. The van der Waals surface area contributed by atoms with Crippen molar-refractivity contribution in [2.45, 2.75) is 38.5 Å². The van der Waals surface area contributed by atoms with E-state index in [1.165, 1.54) is 22.1 Å². The van der Waals surface area contributed by atoms with E-state index < -0.39 is 0 Å². The van der Waals surface area contributed by atoms with Gasteiger partial charge < -0.3 is 15.0 Å². The van der Waals surface area contributed by atoms with Crippen molar-refractivity contribution in [3.63, 3.8) is 0 Å². The molecule has 5 heteroatoms. The first kappa shape index (κ1) is 22.6. The molecular formula is C27H35N3O2. The van der Waals surface area contributed by atoms with Crippen molar-refractivity contribution in [3.05, 3.63) is 71.4 Å². The zero-order valence-corrected chi connectivity index (χ0v) is 19.5. The van der Waals surface area contributed by atoms with Crippen LogP contribution in [-0.4, -0.2) is 55.2 Å². The van der Waals surface area contributed by atoms with Crippen molar-refractivity contribution in [1.82, 2.24) is 15.2 Å². The molecule has 1 aliphatic heterocycles. The molecule has 1 saturated heterocycles. The lowest BCUT2D eigenvalue weighted by molar-refractivity contribution is -0.121. The number of rotatable bonds is 7. The standard InChI is InChI=1S/C27H35N3O2/c1-27(2,3)21-10-8-20(9-11-21)23(24-19-29-25-7-5-4-6-22(24)25)18-26(31)28-12-13-30-14-16-32-17-15-30/h4-11,19,23,29H,12-18H2,1-3H3,(H,28,31)/t23-/m1/s1. The summed E-state index contributed by atoms with van der Waals surface area (Å²) in [5.41, 5.74) is 4.85. The van der Waals surface area contributed by atoms with Gasteiger partial charge in [0.15, 0.2) is 0 Å². The molecule has 5 nitrogen and oxygen atoms in total. The van der Waals surface area contributed by atoms with E-state index in [-0.39, 0.29) is 17.2 Å². The van der Waals surface area contributed by atoms with Crippen molar-refractivity contribution in [1.29, 1.82) is 0 Å². The second-order valence-electron chi connectivity index (χ2n) is 9.72. The van der Waals surface area contributed by atoms with Crippen LogP contribution >= 0.6 is 0 Å². The number of benzene rings is 2. The number of ether oxygens (including phenoxy) is 1. The fourth-order valence-electron chi connectivity index (χ4n) is 4.44. The quantitative estimate of drug-likeness (QED) is 0.579. The minimum Gasteiger partial charge on any atom is -0.379 e. The Bertz CT molecular complexity index is 1030. The highest BCUT2D eigenvalue weighted by atomic mass is 16.5. The second kappa shape index (κ2) is 9.88. The number of H-pyrrole nitrogens is 1. The first-order chi connectivity index (χ1) is 15.4. The van der Waals surface area contributed by atoms with E-state index in [2.05, 4.69) is 84.6 Å². The number of nitrogens with zero attached hydrogens (tertiary/aromatic N) is 1. The molecule has 0 spiro atoms. The molecule has 4 rings (SSSR count). The number of aromatic nitrogens is 1. The first-order valence-corrected chi connectivity index (χ1v) is 11.6. The van der Waals surface area contributed by atoms with Crippen molar-refractivity contribution >= 4 is 16.8 Å². The van der Waals surface area contributed by atoms with Crippen molar-refractivity contribution < 1.29 is 9.53 Å². The van der Waals surface area contributed by atoms with Crippen molar-refractivity contribution in [2.75, 3.05) is 39.4 Å². The number of fused-ring (bicyclic) bond motifs is 1. The summed E-state index contributed by atoms with van der Waals surface area (Å²) in [5.74, 6) is 0.0944. The number of carbonyl (C=O) groups is 1. The van der Waals surface area contributed by atoms with E-state index >= 15 is 0 Å². The molecule has 0 bridgehead atoms. The number of para-hydroxylation sites is 1. The average molecular weight is 434 g/mol. The molecule has 0 unspecified atom stereocenters. The highest BCUT2D eigenvalue weighted by Crippen LogP contribution is 2.34. The molecule has 1 amide bonds. The summed E-state index contributed by atoms with van der Waals surface area (Å²) in [6.07, 6.45) is 2.49. The van der Waals surface area contributed by atoms with E-state index in [0.29, 0.717) is 13.0 Å². The van der Waals surface area contributed by atoms with Crippen LogP contribution in [0.25, 0.3) is 10.9 Å². The zero-order valence-electron chi connectivity index (χ0n) is 19.5. The van der Waals surface area contributed by atoms with Gasteiger partial charge in [0.2, 0.25) is 5.91 Å². The molecule has 2 aromatic carbocycles. The molecule has 32 heavy (non-hydrogen) atoms. The van der Waals surface area contributed by atoms with E-state index in [1.807, 2.05) is 6.07 Å². The van der Waals surface area contributed by atoms with Crippen LogP contribution in [0.1, 0.15) is 49.8 Å². The van der Waals surface area contributed by atoms with E-state index in [0.717, 1.165) is 38.4 Å². The molecular weight excluding hydrogens is 398 g/mol. The predicted molar refractivity (Wildman–Crippen MR) is 130 cm³/mol. The van der Waals surface area contributed by atoms with Crippen LogP contribution in [0.2, 0.25) is 0 Å². The molecule has 1 fully saturated rings. The number of amides is 1. The lowest BCUT2D eigenvalue weighted by Gasteiger charge is -2.26. The Morgan fingerprint density at radius 3 is 2.53 bits per heavy atom. The molecule has 2 heterocycles. The van der Waals surface area contributed by atoms with Crippen molar-refractivity contribution in [2.24, 2.45) is 0 Å². The van der Waals surface area contributed by atoms with Crippen LogP contribution in [-0.2, 0) is 14.9 Å². The Labute approximate surface area is 191 Å². The molecule has 2 N–H and O–H groups in total. The first-order valence-electron chi connectivity index (χ1n) is 11.6. The van der Waals surface area contributed by atoms with Gasteiger partial charge in [0, 0.05) is 55.6 Å². The predicted octanol–water partition coefficient (Wildman–Crippen LogP) is 4.44. The minimum absolute atomic E-state index is 0.00329. The summed E-state index contributed by atoms with van der Waals surface area (Å²) in [6, 6.07) is 17.1. The molecule has 1 aliphatic rings. The number of nitrogens with one attached hydrogen (secondary N) is 2. The third kappa shape index (κ3) is 5.40. The minimum atomic E-state index is 0.00329. The number of carbonyl (C=O) groups excluding carboxylic acids is 1. The Morgan fingerprint density at radius 1 is 1.09 bits per heavy atom. The summed E-state index contributed by atoms with van der Waals surface area (Å²) in [6.45, 7) is 11.6. The van der Waals surface area contributed by atoms with Crippen LogP contribution in [0.4, 0.5) is 0 Å². The van der Waals surface area contributed by atoms with E-state index in [1.54, 1.807) is 0 Å². The van der Waals surface area contributed by atoms with Crippen LogP contribution in [0.3, 0.4) is 0 Å². The van der Waals surface area contributed by atoms with Crippen LogP contribution in [0, 0.1) is 0 Å². The van der Waals surface area contributed by atoms with E-state index in [9.17, 15) is 4.79 Å². The topological polar surface area (TPSA) is 57.4 Å². The van der Waals surface area contributed by atoms with Gasteiger partial charge in [-0.15, -0.1) is 0 Å². The average Bonchev–Trinajstić information content (AvgIpc) is 3.22. The molecule has 1 aromatic heterocycles. The van der Waals surface area contributed by atoms with Gasteiger partial charge in [-0.05, 0) is 28.2 Å². The fraction of sp³-hybridized carbons (Fsp3) is 0.444. The maximum Gasteiger partial charge on any atom is 0.220 e. The monoisotopic (exact) mass is 433 g/mol. The van der Waals surface area contributed by atoms with Gasteiger partial charge in [-0.1, -0.05) is 63.2 Å². The van der Waals surface area contributed by atoms with Gasteiger partial charge in [-0.25, -0.2) is 0 Å². The number of aromatic amines is 1. The largest absolute Gasteiger partial charge is 0.379 e. The van der Waals surface area contributed by atoms with Gasteiger partial charge in [0.25, 0.3) is 0 Å². The second-order valence-corrected chi connectivity index (χ2v) is 9.72. The normalized spacial score (nSPS) is 16.2. The SMILES string of the molecule is CC(C)(C)c1ccc([C@@H](CC(=O)NCCN2CCOCC2)c2c[nH]c3ccccc23)cc1. The maximum absolute atomic E-state index is 13.0. The van der Waals surface area contributed by atoms with Gasteiger partial charge in [0.05, 0.1) is 13.2 Å². The lowest BCUT2D eigenvalue weighted by Crippen LogP contribution is -2.41. The van der Waals surface area contributed by atoms with Crippen molar-refractivity contribution in [3.8, 4) is 0 Å². The van der Waals surface area contributed by atoms with Crippen LogP contribution < -0.4 is 5.32 Å². The Morgan fingerprint density at radius 2 is 1.81 bits per heavy atom. The molecule has 170 valence electrons. The summed E-state index contributed by atoms with van der Waals surface area (Å²) < 4.78 is 5.40. The third-order valence-electron chi connectivity index (χ3n) is 6.42. The Hall–Kier alpha value is -2.63. The Balaban J connectivity index is 1.52. The summed E-state index contributed by atoms with van der Waals surface area (Å²) >= 11 is 0. The van der Waals surface area contributed by atoms with Crippen LogP contribution in [0.15, 0.2) is 54.7 Å². The maximum atomic E-state index is 13.0. The molecule has 3 aromatic rings. The van der Waals surface area contributed by atoms with Gasteiger partial charge >= 0.3 is 0 Å². The third-order valence-corrected chi connectivity index (χ3v) is 6.42. The molecule has 1 atom stereocenters. The van der Waals surface area contributed by atoms with Gasteiger partial charge in [-0.3, -0.25) is 9.69 Å². The van der Waals surface area contributed by atoms with Gasteiger partial charge in [-0.2, -0.15) is 0 Å². The zero-order chi connectivity index (χ0) is 22.6.